The lowest BCUT2D eigenvalue weighted by atomic mass is 9.85. The maximum atomic E-state index is 13.3. The molecule has 1 aliphatic rings. The zero-order valence-corrected chi connectivity index (χ0v) is 15.6. The number of rotatable bonds is 7. The van der Waals surface area contributed by atoms with E-state index in [0.717, 1.165) is 11.3 Å². The lowest BCUT2D eigenvalue weighted by Gasteiger charge is -2.27. The van der Waals surface area contributed by atoms with Crippen LogP contribution >= 0.6 is 0 Å². The summed E-state index contributed by atoms with van der Waals surface area (Å²) in [5.41, 5.74) is -0.832. The van der Waals surface area contributed by atoms with E-state index in [0.29, 0.717) is 24.2 Å². The van der Waals surface area contributed by atoms with Gasteiger partial charge >= 0.3 is 6.03 Å². The number of carbonyl (C=O) groups excluding carboxylic acids is 3. The average molecular weight is 388 g/mol. The number of hydrogen-bond acceptors (Lipinski definition) is 5. The first-order chi connectivity index (χ1) is 13.4. The molecule has 0 spiro atoms. The van der Waals surface area contributed by atoms with Crippen LogP contribution in [0, 0.1) is 12.7 Å². The first-order valence-corrected chi connectivity index (χ1v) is 8.99. The van der Waals surface area contributed by atoms with Crippen LogP contribution in [0.3, 0.4) is 0 Å². The molecular formula is C19H21FN4O4. The second kappa shape index (κ2) is 7.79. The highest BCUT2D eigenvalue weighted by molar-refractivity contribution is 6.10. The summed E-state index contributed by atoms with van der Waals surface area (Å²) < 4.78 is 18.2. The molecule has 0 bridgehead atoms. The fourth-order valence-corrected chi connectivity index (χ4v) is 3.21. The van der Waals surface area contributed by atoms with Crippen molar-refractivity contribution in [3.05, 3.63) is 47.5 Å². The molecule has 8 nitrogen and oxygen atoms in total. The lowest BCUT2D eigenvalue weighted by molar-refractivity contribution is -0.134. The highest BCUT2D eigenvalue weighted by Crippen LogP contribution is 2.34. The van der Waals surface area contributed by atoms with Crippen molar-refractivity contribution in [2.75, 3.05) is 11.9 Å². The van der Waals surface area contributed by atoms with Crippen molar-refractivity contribution in [3.8, 4) is 0 Å². The monoisotopic (exact) mass is 388 g/mol. The van der Waals surface area contributed by atoms with Gasteiger partial charge in [0, 0.05) is 6.07 Å². The number of halogens is 1. The maximum Gasteiger partial charge on any atom is 0.325 e. The van der Waals surface area contributed by atoms with Crippen molar-refractivity contribution in [2.45, 2.75) is 38.6 Å². The molecule has 1 saturated heterocycles. The number of anilines is 1. The van der Waals surface area contributed by atoms with Gasteiger partial charge in [0.05, 0.1) is 0 Å². The molecule has 0 saturated carbocycles. The van der Waals surface area contributed by atoms with Crippen LogP contribution in [0.15, 0.2) is 34.9 Å². The number of benzene rings is 1. The number of amides is 4. The van der Waals surface area contributed by atoms with Gasteiger partial charge in [0.15, 0.2) is 5.82 Å². The van der Waals surface area contributed by atoms with Gasteiger partial charge < -0.3 is 15.2 Å². The van der Waals surface area contributed by atoms with Crippen LogP contribution in [-0.2, 0) is 15.1 Å². The normalized spacial score (nSPS) is 19.0. The van der Waals surface area contributed by atoms with Gasteiger partial charge in [-0.15, -0.1) is 0 Å². The minimum absolute atomic E-state index is 0.199. The van der Waals surface area contributed by atoms with Crippen molar-refractivity contribution in [1.82, 2.24) is 15.4 Å². The highest BCUT2D eigenvalue weighted by atomic mass is 19.1. The SMILES string of the molecule is CCCCC1(c2ccc(F)cc2)NC(=O)N(CC(=O)Nc2cc(C)on2)C1=O. The fourth-order valence-electron chi connectivity index (χ4n) is 3.21. The molecule has 4 amide bonds. The van der Waals surface area contributed by atoms with E-state index in [1.54, 1.807) is 6.92 Å². The Balaban J connectivity index is 1.82. The summed E-state index contributed by atoms with van der Waals surface area (Å²) in [5, 5.41) is 8.84. The molecule has 1 fully saturated rings. The van der Waals surface area contributed by atoms with E-state index in [1.807, 2.05) is 6.92 Å². The smallest absolute Gasteiger partial charge is 0.325 e. The quantitative estimate of drug-likeness (QED) is 0.710. The summed E-state index contributed by atoms with van der Waals surface area (Å²) in [6.45, 7) is 3.17. The molecule has 1 aromatic carbocycles. The second-order valence-corrected chi connectivity index (χ2v) is 6.71. The molecule has 9 heteroatoms. The third-order valence-electron chi connectivity index (χ3n) is 4.62. The van der Waals surface area contributed by atoms with Gasteiger partial charge in [-0.3, -0.25) is 14.5 Å². The number of carbonyl (C=O) groups is 3. The molecule has 1 unspecified atom stereocenters. The van der Waals surface area contributed by atoms with Crippen LogP contribution < -0.4 is 10.6 Å². The van der Waals surface area contributed by atoms with E-state index in [2.05, 4.69) is 15.8 Å². The first-order valence-electron chi connectivity index (χ1n) is 8.99. The van der Waals surface area contributed by atoms with Crippen molar-refractivity contribution in [1.29, 1.82) is 0 Å². The molecule has 0 radical (unpaired) electrons. The van der Waals surface area contributed by atoms with E-state index < -0.39 is 35.7 Å². The number of unbranched alkanes of at least 4 members (excludes halogenated alkanes) is 1. The Kier molecular flexibility index (Phi) is 5.43. The number of nitrogens with zero attached hydrogens (tertiary/aromatic N) is 2. The van der Waals surface area contributed by atoms with Gasteiger partial charge in [0.1, 0.15) is 23.7 Å². The molecule has 3 rings (SSSR count). The molecule has 0 aliphatic carbocycles. The summed E-state index contributed by atoms with van der Waals surface area (Å²) in [6, 6.07) is 6.29. The maximum absolute atomic E-state index is 13.3. The average Bonchev–Trinajstić information content (AvgIpc) is 3.17. The van der Waals surface area contributed by atoms with Gasteiger partial charge in [-0.25, -0.2) is 9.18 Å². The van der Waals surface area contributed by atoms with Crippen LogP contribution in [0.5, 0.6) is 0 Å². The van der Waals surface area contributed by atoms with Crippen LogP contribution in [0.4, 0.5) is 15.0 Å². The minimum atomic E-state index is -1.31. The number of nitrogens with one attached hydrogen (secondary N) is 2. The Bertz CT molecular complexity index is 896. The largest absolute Gasteiger partial charge is 0.360 e. The number of imide groups is 1. The van der Waals surface area contributed by atoms with Crippen LogP contribution in [0.2, 0.25) is 0 Å². The minimum Gasteiger partial charge on any atom is -0.360 e. The number of urea groups is 1. The molecule has 28 heavy (non-hydrogen) atoms. The fraction of sp³-hybridized carbons (Fsp3) is 0.368. The first kappa shape index (κ1) is 19.5. The van der Waals surface area contributed by atoms with Crippen molar-refractivity contribution in [2.24, 2.45) is 0 Å². The third kappa shape index (κ3) is 3.73. The van der Waals surface area contributed by atoms with Crippen LogP contribution in [-0.4, -0.2) is 34.4 Å². The number of aromatic nitrogens is 1. The molecule has 1 aliphatic heterocycles. The van der Waals surface area contributed by atoms with E-state index >= 15 is 0 Å². The Morgan fingerprint density at radius 3 is 2.64 bits per heavy atom. The molecule has 2 heterocycles. The number of hydrogen-bond donors (Lipinski definition) is 2. The predicted molar refractivity (Wildman–Crippen MR) is 97.7 cm³/mol. The summed E-state index contributed by atoms with van der Waals surface area (Å²) >= 11 is 0. The van der Waals surface area contributed by atoms with E-state index in [-0.39, 0.29) is 5.82 Å². The van der Waals surface area contributed by atoms with Gasteiger partial charge in [-0.05, 0) is 31.0 Å². The summed E-state index contributed by atoms with van der Waals surface area (Å²) in [6.07, 6.45) is 1.82. The Morgan fingerprint density at radius 1 is 1.32 bits per heavy atom. The Labute approximate surface area is 161 Å². The second-order valence-electron chi connectivity index (χ2n) is 6.71. The van der Waals surface area contributed by atoms with Crippen molar-refractivity contribution >= 4 is 23.7 Å². The van der Waals surface area contributed by atoms with Gasteiger partial charge in [-0.1, -0.05) is 37.1 Å². The van der Waals surface area contributed by atoms with Crippen LogP contribution in [0.1, 0.15) is 37.5 Å². The van der Waals surface area contributed by atoms with Crippen LogP contribution in [0.25, 0.3) is 0 Å². The summed E-state index contributed by atoms with van der Waals surface area (Å²) in [5.74, 6) is -0.845. The highest BCUT2D eigenvalue weighted by Gasteiger charge is 2.52. The van der Waals surface area contributed by atoms with E-state index in [4.69, 9.17) is 4.52 Å². The lowest BCUT2D eigenvalue weighted by Crippen LogP contribution is -2.44. The van der Waals surface area contributed by atoms with Gasteiger partial charge in [-0.2, -0.15) is 0 Å². The van der Waals surface area contributed by atoms with Crippen molar-refractivity contribution in [3.63, 3.8) is 0 Å². The summed E-state index contributed by atoms with van der Waals surface area (Å²) in [7, 11) is 0. The zero-order valence-electron chi connectivity index (χ0n) is 15.6. The van der Waals surface area contributed by atoms with Gasteiger partial charge in [0.25, 0.3) is 5.91 Å². The Hall–Kier alpha value is -3.23. The molecule has 2 aromatic rings. The zero-order chi connectivity index (χ0) is 20.3. The topological polar surface area (TPSA) is 105 Å². The van der Waals surface area contributed by atoms with Crippen molar-refractivity contribution < 1.29 is 23.3 Å². The predicted octanol–water partition coefficient (Wildman–Crippen LogP) is 2.70. The molecule has 1 atom stereocenters. The van der Waals surface area contributed by atoms with E-state index in [9.17, 15) is 18.8 Å². The molecule has 1 aromatic heterocycles. The molecule has 148 valence electrons. The standard InChI is InChI=1S/C19H21FN4O4/c1-3-4-9-19(13-5-7-14(20)8-6-13)17(26)24(18(27)22-19)11-16(25)21-15-10-12(2)28-23-15/h5-8,10H,3-4,9,11H2,1-2H3,(H,22,27)(H,21,23,25). The summed E-state index contributed by atoms with van der Waals surface area (Å²) in [4.78, 5) is 38.8. The molecular weight excluding hydrogens is 367 g/mol. The Morgan fingerprint density at radius 2 is 2.04 bits per heavy atom. The number of aryl methyl sites for hydroxylation is 1. The van der Waals surface area contributed by atoms with Gasteiger partial charge in [0.2, 0.25) is 5.91 Å². The van der Waals surface area contributed by atoms with E-state index in [1.165, 1.54) is 30.3 Å². The molecule has 2 N–H and O–H groups in total. The third-order valence-corrected chi connectivity index (χ3v) is 4.62.